The Balaban J connectivity index is 2.33. The minimum absolute atomic E-state index is 0.181. The minimum Gasteiger partial charge on any atom is -0.466 e. The molecule has 0 saturated carbocycles. The van der Waals surface area contributed by atoms with Crippen LogP contribution in [0, 0.1) is 2.88 Å². The molecule has 2 rings (SSSR count). The highest BCUT2D eigenvalue weighted by molar-refractivity contribution is 14.1. The molecular weight excluding hydrogens is 377 g/mol. The molecule has 14 heavy (non-hydrogen) atoms. The predicted molar refractivity (Wildman–Crippen MR) is 69.5 cm³/mol. The Labute approximate surface area is 108 Å². The Hall–Kier alpha value is 0.150. The van der Waals surface area contributed by atoms with Crippen LogP contribution in [0.3, 0.4) is 0 Å². The molecule has 2 nitrogen and oxygen atoms in total. The van der Waals surface area contributed by atoms with Crippen LogP contribution in [0.25, 0.3) is 0 Å². The first-order valence-electron chi connectivity index (χ1n) is 3.91. The zero-order valence-corrected chi connectivity index (χ0v) is 11.6. The summed E-state index contributed by atoms with van der Waals surface area (Å²) in [5.41, 5.74) is 7.15. The van der Waals surface area contributed by atoms with Crippen molar-refractivity contribution in [3.05, 3.63) is 42.5 Å². The summed E-state index contributed by atoms with van der Waals surface area (Å²) in [5, 5.41) is 2.06. The molecule has 5 heteroatoms. The second-order valence-electron chi connectivity index (χ2n) is 2.79. The molecule has 74 valence electrons. The minimum atomic E-state index is -0.181. The van der Waals surface area contributed by atoms with Crippen LogP contribution in [0.5, 0.6) is 0 Å². The van der Waals surface area contributed by atoms with Crippen LogP contribution in [-0.2, 0) is 0 Å². The van der Waals surface area contributed by atoms with Gasteiger partial charge in [0.05, 0.1) is 19.7 Å². The van der Waals surface area contributed by atoms with E-state index in [1.54, 1.807) is 17.6 Å². The van der Waals surface area contributed by atoms with Crippen LogP contribution in [0.2, 0.25) is 0 Å². The van der Waals surface area contributed by atoms with E-state index in [1.807, 2.05) is 6.07 Å². The lowest BCUT2D eigenvalue weighted by Crippen LogP contribution is -2.10. The summed E-state index contributed by atoms with van der Waals surface area (Å²) in [7, 11) is 0. The molecule has 1 atom stereocenters. The molecule has 0 aromatic carbocycles. The van der Waals surface area contributed by atoms with Gasteiger partial charge in [0.25, 0.3) is 0 Å². The number of halogens is 2. The van der Waals surface area contributed by atoms with E-state index in [9.17, 15) is 0 Å². The molecule has 0 spiro atoms. The molecule has 2 aromatic heterocycles. The van der Waals surface area contributed by atoms with E-state index in [0.717, 1.165) is 15.8 Å². The maximum Gasteiger partial charge on any atom is 0.139 e. The van der Waals surface area contributed by atoms with Crippen LogP contribution in [0.4, 0.5) is 0 Å². The standard InChI is InChI=1S/C9H7BrINOS/c10-6-1-2-13-9(6)8(12)5-3-7(11)14-4-5/h1-4,8H,12H2. The third kappa shape index (κ3) is 2.05. The summed E-state index contributed by atoms with van der Waals surface area (Å²) in [6, 6.07) is 3.75. The lowest BCUT2D eigenvalue weighted by Gasteiger charge is -2.06. The molecule has 0 saturated heterocycles. The number of hydrogen-bond acceptors (Lipinski definition) is 3. The van der Waals surface area contributed by atoms with Gasteiger partial charge in [0.2, 0.25) is 0 Å². The molecule has 0 aliphatic heterocycles. The van der Waals surface area contributed by atoms with Crippen molar-refractivity contribution in [2.75, 3.05) is 0 Å². The zero-order chi connectivity index (χ0) is 10.1. The van der Waals surface area contributed by atoms with Gasteiger partial charge in [0, 0.05) is 0 Å². The summed E-state index contributed by atoms with van der Waals surface area (Å²) >= 11 is 7.37. The Kier molecular flexibility index (Phi) is 3.30. The summed E-state index contributed by atoms with van der Waals surface area (Å²) in [4.78, 5) is 0. The molecule has 2 aromatic rings. The van der Waals surface area contributed by atoms with Crippen LogP contribution < -0.4 is 5.73 Å². The molecule has 1 unspecified atom stereocenters. The van der Waals surface area contributed by atoms with E-state index in [1.165, 1.54) is 2.88 Å². The molecule has 2 heterocycles. The van der Waals surface area contributed by atoms with Crippen molar-refractivity contribution in [3.8, 4) is 0 Å². The molecule has 0 bridgehead atoms. The van der Waals surface area contributed by atoms with Crippen molar-refractivity contribution in [1.82, 2.24) is 0 Å². The van der Waals surface area contributed by atoms with Crippen LogP contribution >= 0.6 is 49.9 Å². The smallest absolute Gasteiger partial charge is 0.139 e. The highest BCUT2D eigenvalue weighted by Gasteiger charge is 2.16. The Morgan fingerprint density at radius 2 is 2.36 bits per heavy atom. The van der Waals surface area contributed by atoms with E-state index < -0.39 is 0 Å². The summed E-state index contributed by atoms with van der Waals surface area (Å²) in [6.07, 6.45) is 1.64. The van der Waals surface area contributed by atoms with Gasteiger partial charge in [0.15, 0.2) is 0 Å². The fourth-order valence-electron chi connectivity index (χ4n) is 1.17. The second-order valence-corrected chi connectivity index (χ2v) is 6.45. The largest absolute Gasteiger partial charge is 0.466 e. The van der Waals surface area contributed by atoms with Crippen LogP contribution in [0.15, 0.2) is 32.7 Å². The van der Waals surface area contributed by atoms with E-state index in [2.05, 4.69) is 50.0 Å². The molecule has 0 amide bonds. The average molecular weight is 384 g/mol. The average Bonchev–Trinajstić information content (AvgIpc) is 2.73. The first kappa shape index (κ1) is 10.7. The fraction of sp³-hybridized carbons (Fsp3) is 0.111. The van der Waals surface area contributed by atoms with Gasteiger partial charge in [0.1, 0.15) is 5.76 Å². The van der Waals surface area contributed by atoms with Crippen molar-refractivity contribution in [2.24, 2.45) is 5.73 Å². The van der Waals surface area contributed by atoms with Gasteiger partial charge in [-0.1, -0.05) is 0 Å². The van der Waals surface area contributed by atoms with Crippen molar-refractivity contribution in [3.63, 3.8) is 0 Å². The monoisotopic (exact) mass is 383 g/mol. The number of thiophene rings is 1. The first-order valence-corrected chi connectivity index (χ1v) is 6.66. The molecule has 0 aliphatic carbocycles. The maximum absolute atomic E-state index is 6.05. The maximum atomic E-state index is 6.05. The van der Waals surface area contributed by atoms with Gasteiger partial charge >= 0.3 is 0 Å². The van der Waals surface area contributed by atoms with Gasteiger partial charge in [-0.15, -0.1) is 11.3 Å². The van der Waals surface area contributed by atoms with Crippen LogP contribution in [0.1, 0.15) is 17.4 Å². The molecule has 0 fully saturated rings. The lowest BCUT2D eigenvalue weighted by atomic mass is 10.1. The van der Waals surface area contributed by atoms with Gasteiger partial charge < -0.3 is 10.2 Å². The fourth-order valence-corrected chi connectivity index (χ4v) is 3.02. The quantitative estimate of drug-likeness (QED) is 0.802. The van der Waals surface area contributed by atoms with Gasteiger partial charge in [-0.25, -0.2) is 0 Å². The van der Waals surface area contributed by atoms with Crippen molar-refractivity contribution < 1.29 is 4.42 Å². The zero-order valence-electron chi connectivity index (χ0n) is 7.04. The Morgan fingerprint density at radius 1 is 1.57 bits per heavy atom. The number of rotatable bonds is 2. The predicted octanol–water partition coefficient (Wildman–Crippen LogP) is 3.76. The summed E-state index contributed by atoms with van der Waals surface area (Å²) in [6.45, 7) is 0. The second kappa shape index (κ2) is 4.34. The van der Waals surface area contributed by atoms with Crippen molar-refractivity contribution in [1.29, 1.82) is 0 Å². The van der Waals surface area contributed by atoms with Gasteiger partial charge in [-0.2, -0.15) is 0 Å². The van der Waals surface area contributed by atoms with Gasteiger partial charge in [-0.05, 0) is 61.6 Å². The molecule has 2 N–H and O–H groups in total. The summed E-state index contributed by atoms with van der Waals surface area (Å²) in [5.74, 6) is 0.777. The third-order valence-corrected chi connectivity index (χ3v) is 4.34. The number of furan rings is 1. The topological polar surface area (TPSA) is 39.2 Å². The normalized spacial score (nSPS) is 13.1. The molecule has 0 radical (unpaired) electrons. The SMILES string of the molecule is NC(c1csc(I)c1)c1occc1Br. The molecular formula is C9H7BrINOS. The van der Waals surface area contributed by atoms with Crippen LogP contribution in [-0.4, -0.2) is 0 Å². The number of hydrogen-bond donors (Lipinski definition) is 1. The van der Waals surface area contributed by atoms with Crippen molar-refractivity contribution in [2.45, 2.75) is 6.04 Å². The van der Waals surface area contributed by atoms with E-state index in [-0.39, 0.29) is 6.04 Å². The third-order valence-electron chi connectivity index (χ3n) is 1.87. The highest BCUT2D eigenvalue weighted by Crippen LogP contribution is 2.30. The summed E-state index contributed by atoms with van der Waals surface area (Å²) < 4.78 is 7.47. The van der Waals surface area contributed by atoms with E-state index in [4.69, 9.17) is 10.2 Å². The highest BCUT2D eigenvalue weighted by atomic mass is 127. The van der Waals surface area contributed by atoms with E-state index >= 15 is 0 Å². The first-order chi connectivity index (χ1) is 6.68. The number of nitrogens with two attached hydrogens (primary N) is 1. The Morgan fingerprint density at radius 3 is 2.86 bits per heavy atom. The van der Waals surface area contributed by atoms with Crippen molar-refractivity contribution >= 4 is 49.9 Å². The van der Waals surface area contributed by atoms with Gasteiger partial charge in [-0.3, -0.25) is 0 Å². The molecule has 0 aliphatic rings. The van der Waals surface area contributed by atoms with E-state index in [0.29, 0.717) is 0 Å². The lowest BCUT2D eigenvalue weighted by molar-refractivity contribution is 0.488. The Bertz CT molecular complexity index is 439.